The lowest BCUT2D eigenvalue weighted by molar-refractivity contribution is -0.265. The van der Waals surface area contributed by atoms with E-state index in [1.54, 1.807) is 6.92 Å². The maximum absolute atomic E-state index is 14.9. The van der Waals surface area contributed by atoms with Gasteiger partial charge in [-0.1, -0.05) is 11.6 Å². The molecule has 3 heterocycles. The number of nitrogens with one attached hydrogen (secondary N) is 1. The van der Waals surface area contributed by atoms with Crippen LogP contribution in [0.5, 0.6) is 11.5 Å². The van der Waals surface area contributed by atoms with Crippen LogP contribution in [0, 0.1) is 24.4 Å². The van der Waals surface area contributed by atoms with Crippen LogP contribution in [0.1, 0.15) is 34.2 Å². The molecule has 0 saturated carbocycles. The van der Waals surface area contributed by atoms with Crippen molar-refractivity contribution in [1.29, 1.82) is 0 Å². The van der Waals surface area contributed by atoms with Crippen molar-refractivity contribution in [3.05, 3.63) is 81.4 Å². The zero-order valence-electron chi connectivity index (χ0n) is 24.1. The molecule has 0 radical (unpaired) electrons. The Morgan fingerprint density at radius 1 is 1.09 bits per heavy atom. The number of aliphatic hydroxyl groups is 1. The molecule has 9 nitrogen and oxygen atoms in total. The minimum Gasteiger partial charge on any atom is -0.494 e. The SMILES string of the molecule is COc1cc(C(=O)NCC(O)(c2cc3c(c(-c4cc(F)c(F)cc4F)n2)OC[C@]3(C)C(N)=O)C(F)(F)F)cc2cc(Cl)c(C)nc12. The summed E-state index contributed by atoms with van der Waals surface area (Å²) in [5, 5.41) is 13.8. The van der Waals surface area contributed by atoms with E-state index in [1.165, 1.54) is 32.2 Å². The first-order valence-corrected chi connectivity index (χ1v) is 13.6. The molecule has 2 atom stereocenters. The Morgan fingerprint density at radius 3 is 2.39 bits per heavy atom. The summed E-state index contributed by atoms with van der Waals surface area (Å²) in [5.41, 5.74) is -2.84. The number of benzene rings is 2. The van der Waals surface area contributed by atoms with Gasteiger partial charge in [0.15, 0.2) is 11.6 Å². The number of alkyl halides is 3. The van der Waals surface area contributed by atoms with E-state index in [1.807, 2.05) is 5.32 Å². The van der Waals surface area contributed by atoms with Gasteiger partial charge in [-0.3, -0.25) is 9.59 Å². The van der Waals surface area contributed by atoms with Crippen LogP contribution in [-0.4, -0.2) is 53.3 Å². The molecule has 0 bridgehead atoms. The summed E-state index contributed by atoms with van der Waals surface area (Å²) in [6.07, 6.45) is -5.55. The van der Waals surface area contributed by atoms with E-state index < -0.39 is 82.3 Å². The second-order valence-corrected chi connectivity index (χ2v) is 11.2. The molecule has 1 aliphatic heterocycles. The quantitative estimate of drug-likeness (QED) is 0.186. The third kappa shape index (κ3) is 5.32. The van der Waals surface area contributed by atoms with Crippen LogP contribution < -0.4 is 20.5 Å². The number of methoxy groups -OCH3 is 1. The van der Waals surface area contributed by atoms with Gasteiger partial charge in [0.25, 0.3) is 5.91 Å². The fourth-order valence-corrected chi connectivity index (χ4v) is 5.10. The summed E-state index contributed by atoms with van der Waals surface area (Å²) in [6, 6.07) is 5.17. The standard InChI is InChI=1S/C30H23ClF6N4O5/c1-12-17(31)5-13-4-14(6-21(45-3)23(13)40-12)26(42)39-10-29(44,30(35,36)37)22-8-16-25(46-11-28(16,2)27(38)43)24(41-22)15-7-19(33)20(34)9-18(15)32/h4-9,44H,10-11H2,1-3H3,(H2,38,43)(H,39,42)/t28-,29?/m0/s1. The monoisotopic (exact) mass is 668 g/mol. The fraction of sp³-hybridized carbons (Fsp3) is 0.267. The molecular formula is C30H23ClF6N4O5. The number of pyridine rings is 2. The van der Waals surface area contributed by atoms with Crippen LogP contribution >= 0.6 is 11.6 Å². The highest BCUT2D eigenvalue weighted by atomic mass is 35.5. The van der Waals surface area contributed by atoms with Crippen molar-refractivity contribution < 1.29 is 50.5 Å². The molecule has 46 heavy (non-hydrogen) atoms. The lowest BCUT2D eigenvalue weighted by Crippen LogP contribution is -2.51. The number of carbonyl (C=O) groups excluding carboxylic acids is 2. The van der Waals surface area contributed by atoms with E-state index in [0.717, 1.165) is 0 Å². The number of aryl methyl sites for hydroxylation is 1. The predicted octanol–water partition coefficient (Wildman–Crippen LogP) is 5.00. The molecule has 1 unspecified atom stereocenters. The Hall–Kier alpha value is -4.63. The maximum Gasteiger partial charge on any atom is 0.424 e. The predicted molar refractivity (Wildman–Crippen MR) is 152 cm³/mol. The smallest absolute Gasteiger partial charge is 0.424 e. The van der Waals surface area contributed by atoms with E-state index in [0.29, 0.717) is 28.7 Å². The molecular weight excluding hydrogens is 646 g/mol. The molecule has 2 aromatic carbocycles. The molecule has 0 fully saturated rings. The summed E-state index contributed by atoms with van der Waals surface area (Å²) < 4.78 is 97.6. The number of carbonyl (C=O) groups is 2. The Labute approximate surface area is 261 Å². The molecule has 242 valence electrons. The molecule has 1 aliphatic rings. The van der Waals surface area contributed by atoms with Crippen LogP contribution in [0.2, 0.25) is 5.02 Å². The van der Waals surface area contributed by atoms with Crippen LogP contribution in [0.25, 0.3) is 22.2 Å². The van der Waals surface area contributed by atoms with E-state index in [4.69, 9.17) is 26.8 Å². The average Bonchev–Trinajstić information content (AvgIpc) is 3.34. The van der Waals surface area contributed by atoms with Crippen molar-refractivity contribution in [2.45, 2.75) is 31.0 Å². The van der Waals surface area contributed by atoms with Crippen molar-refractivity contribution in [2.75, 3.05) is 20.3 Å². The number of nitrogens with zero attached hydrogens (tertiary/aromatic N) is 2. The minimum absolute atomic E-state index is 0.109. The summed E-state index contributed by atoms with van der Waals surface area (Å²) in [6.45, 7) is 0.796. The fourth-order valence-electron chi connectivity index (χ4n) is 4.94. The topological polar surface area (TPSA) is 137 Å². The van der Waals surface area contributed by atoms with Crippen LogP contribution in [-0.2, 0) is 15.8 Å². The van der Waals surface area contributed by atoms with Gasteiger partial charge < -0.3 is 25.6 Å². The lowest BCUT2D eigenvalue weighted by atomic mass is 9.81. The molecule has 16 heteroatoms. The van der Waals surface area contributed by atoms with Gasteiger partial charge in [-0.15, -0.1) is 0 Å². The van der Waals surface area contributed by atoms with Crippen LogP contribution in [0.4, 0.5) is 26.3 Å². The summed E-state index contributed by atoms with van der Waals surface area (Å²) >= 11 is 6.15. The van der Waals surface area contributed by atoms with E-state index in [2.05, 4.69) is 9.97 Å². The minimum atomic E-state index is -5.55. The number of halogens is 7. The second-order valence-electron chi connectivity index (χ2n) is 10.8. The molecule has 4 N–H and O–H groups in total. The van der Waals surface area contributed by atoms with Gasteiger partial charge in [-0.2, -0.15) is 13.2 Å². The number of hydrogen-bond acceptors (Lipinski definition) is 7. The third-order valence-electron chi connectivity index (χ3n) is 7.77. The van der Waals surface area contributed by atoms with Crippen molar-refractivity contribution in [3.8, 4) is 22.8 Å². The van der Waals surface area contributed by atoms with Gasteiger partial charge in [0.05, 0.1) is 30.1 Å². The number of primary amides is 1. The van der Waals surface area contributed by atoms with E-state index in [9.17, 15) is 41.0 Å². The normalized spacial score (nSPS) is 17.3. The van der Waals surface area contributed by atoms with Gasteiger partial charge in [-0.05, 0) is 44.2 Å². The molecule has 5 rings (SSSR count). The molecule has 2 amide bonds. The molecule has 0 saturated heterocycles. The van der Waals surface area contributed by atoms with Crippen molar-refractivity contribution in [3.63, 3.8) is 0 Å². The van der Waals surface area contributed by atoms with Gasteiger partial charge >= 0.3 is 6.18 Å². The number of hydrogen-bond donors (Lipinski definition) is 3. The summed E-state index contributed by atoms with van der Waals surface area (Å²) in [4.78, 5) is 33.6. The third-order valence-corrected chi connectivity index (χ3v) is 8.16. The van der Waals surface area contributed by atoms with Gasteiger partial charge in [0, 0.05) is 28.1 Å². The molecule has 0 spiro atoms. The Kier molecular flexibility index (Phi) is 8.06. The lowest BCUT2D eigenvalue weighted by Gasteiger charge is -2.31. The van der Waals surface area contributed by atoms with Crippen molar-refractivity contribution in [1.82, 2.24) is 15.3 Å². The van der Waals surface area contributed by atoms with Gasteiger partial charge in [0.2, 0.25) is 11.5 Å². The van der Waals surface area contributed by atoms with Gasteiger partial charge in [0.1, 0.15) is 40.5 Å². The number of rotatable bonds is 7. The highest BCUT2D eigenvalue weighted by Crippen LogP contribution is 2.48. The number of aromatic nitrogens is 2. The first-order chi connectivity index (χ1) is 21.4. The Bertz CT molecular complexity index is 1940. The maximum atomic E-state index is 14.9. The van der Waals surface area contributed by atoms with Gasteiger partial charge in [-0.25, -0.2) is 23.1 Å². The van der Waals surface area contributed by atoms with E-state index >= 15 is 0 Å². The van der Waals surface area contributed by atoms with Crippen molar-refractivity contribution in [2.24, 2.45) is 5.73 Å². The zero-order valence-corrected chi connectivity index (χ0v) is 24.8. The molecule has 0 aliphatic carbocycles. The highest BCUT2D eigenvalue weighted by molar-refractivity contribution is 6.31. The summed E-state index contributed by atoms with van der Waals surface area (Å²) in [7, 11) is 1.29. The van der Waals surface area contributed by atoms with E-state index in [-0.39, 0.29) is 28.0 Å². The Morgan fingerprint density at radius 2 is 1.76 bits per heavy atom. The zero-order chi connectivity index (χ0) is 33.9. The largest absolute Gasteiger partial charge is 0.494 e. The number of ether oxygens (including phenoxy) is 2. The molecule has 4 aromatic rings. The molecule has 2 aromatic heterocycles. The Balaban J connectivity index is 1.63. The van der Waals surface area contributed by atoms with Crippen LogP contribution in [0.3, 0.4) is 0 Å². The van der Waals surface area contributed by atoms with Crippen molar-refractivity contribution >= 4 is 34.3 Å². The number of fused-ring (bicyclic) bond motifs is 2. The first kappa shape index (κ1) is 32.8. The average molecular weight is 669 g/mol. The highest BCUT2D eigenvalue weighted by Gasteiger charge is 2.58. The second kappa shape index (κ2) is 11.3. The first-order valence-electron chi connectivity index (χ1n) is 13.3. The number of amides is 2. The number of nitrogens with two attached hydrogens (primary N) is 1. The summed E-state index contributed by atoms with van der Waals surface area (Å²) in [5.74, 6) is -7.06. The van der Waals surface area contributed by atoms with Crippen LogP contribution in [0.15, 0.2) is 36.4 Å².